The summed E-state index contributed by atoms with van der Waals surface area (Å²) >= 11 is 0. The number of rotatable bonds is 1. The van der Waals surface area contributed by atoms with Gasteiger partial charge in [0.25, 0.3) is 0 Å². The van der Waals surface area contributed by atoms with Crippen molar-refractivity contribution in [2.75, 3.05) is 13.6 Å². The maximum Gasteiger partial charge on any atom is 0.228 e. The molecule has 1 aliphatic carbocycles. The molecule has 1 aliphatic heterocycles. The van der Waals surface area contributed by atoms with Crippen LogP contribution in [0.4, 0.5) is 0 Å². The maximum absolute atomic E-state index is 12.4. The molecule has 2 aliphatic rings. The van der Waals surface area contributed by atoms with E-state index in [0.717, 1.165) is 6.42 Å². The molecule has 1 heterocycles. The Labute approximate surface area is 108 Å². The number of carbonyl (C=O) groups is 3. The molecule has 0 spiro atoms. The summed E-state index contributed by atoms with van der Waals surface area (Å²) in [5.41, 5.74) is -1.16. The van der Waals surface area contributed by atoms with Crippen LogP contribution < -0.4 is 0 Å². The van der Waals surface area contributed by atoms with Crippen LogP contribution in [0.2, 0.25) is 0 Å². The molecule has 2 unspecified atom stereocenters. The van der Waals surface area contributed by atoms with E-state index in [-0.39, 0.29) is 17.6 Å². The second-order valence-corrected chi connectivity index (χ2v) is 6.52. The van der Waals surface area contributed by atoms with Crippen LogP contribution in [0.1, 0.15) is 33.6 Å². The smallest absolute Gasteiger partial charge is 0.228 e. The van der Waals surface area contributed by atoms with Gasteiger partial charge >= 0.3 is 0 Å². The van der Waals surface area contributed by atoms with Gasteiger partial charge in [-0.05, 0) is 18.8 Å². The fraction of sp³-hybridized carbons (Fsp3) is 0.786. The Balaban J connectivity index is 2.47. The van der Waals surface area contributed by atoms with E-state index in [9.17, 15) is 14.4 Å². The van der Waals surface area contributed by atoms with Crippen LogP contribution in [0.25, 0.3) is 0 Å². The highest BCUT2D eigenvalue weighted by Gasteiger charge is 2.59. The number of piperidine rings is 1. The van der Waals surface area contributed by atoms with Gasteiger partial charge in [0, 0.05) is 19.0 Å². The molecule has 4 heteroatoms. The zero-order chi connectivity index (χ0) is 13.7. The molecule has 1 saturated carbocycles. The SMILES string of the molecule is CN1CC[C@H]2C(C)(C)C(=O)C(C=O)CC2(C)C1=O. The summed E-state index contributed by atoms with van der Waals surface area (Å²) in [4.78, 5) is 37.6. The van der Waals surface area contributed by atoms with E-state index in [1.54, 1.807) is 11.9 Å². The molecule has 4 nitrogen and oxygen atoms in total. The minimum absolute atomic E-state index is 0.00247. The average molecular weight is 251 g/mol. The molecule has 0 aromatic rings. The predicted octanol–water partition coefficient (Wildman–Crippen LogP) is 1.29. The van der Waals surface area contributed by atoms with E-state index in [4.69, 9.17) is 0 Å². The van der Waals surface area contributed by atoms with Crippen LogP contribution in [0.5, 0.6) is 0 Å². The van der Waals surface area contributed by atoms with E-state index in [1.165, 1.54) is 0 Å². The highest BCUT2D eigenvalue weighted by molar-refractivity contribution is 6.00. The van der Waals surface area contributed by atoms with E-state index in [0.29, 0.717) is 19.3 Å². The van der Waals surface area contributed by atoms with Gasteiger partial charge in [-0.1, -0.05) is 20.8 Å². The Bertz CT molecular complexity index is 415. The first-order valence-corrected chi connectivity index (χ1v) is 6.50. The normalized spacial score (nSPS) is 39.4. The summed E-state index contributed by atoms with van der Waals surface area (Å²) in [5, 5.41) is 0. The van der Waals surface area contributed by atoms with Crippen LogP contribution >= 0.6 is 0 Å². The third-order valence-electron chi connectivity index (χ3n) is 5.01. The lowest BCUT2D eigenvalue weighted by atomic mass is 9.51. The zero-order valence-electron chi connectivity index (χ0n) is 11.5. The third kappa shape index (κ3) is 1.54. The van der Waals surface area contributed by atoms with Crippen molar-refractivity contribution in [3.8, 4) is 0 Å². The van der Waals surface area contributed by atoms with Gasteiger partial charge in [0.05, 0.1) is 11.3 Å². The maximum atomic E-state index is 12.4. The van der Waals surface area contributed by atoms with Gasteiger partial charge in [-0.15, -0.1) is 0 Å². The molecule has 2 rings (SSSR count). The number of nitrogens with zero attached hydrogens (tertiary/aromatic N) is 1. The van der Waals surface area contributed by atoms with Crippen molar-refractivity contribution < 1.29 is 14.4 Å². The van der Waals surface area contributed by atoms with Crippen LogP contribution in [-0.2, 0) is 14.4 Å². The number of aldehydes is 1. The van der Waals surface area contributed by atoms with Crippen LogP contribution in [0.15, 0.2) is 0 Å². The molecule has 1 saturated heterocycles. The first-order valence-electron chi connectivity index (χ1n) is 6.50. The van der Waals surface area contributed by atoms with Crippen molar-refractivity contribution in [3.05, 3.63) is 0 Å². The summed E-state index contributed by atoms with van der Waals surface area (Å²) < 4.78 is 0. The van der Waals surface area contributed by atoms with Crippen molar-refractivity contribution in [2.45, 2.75) is 33.6 Å². The number of fused-ring (bicyclic) bond motifs is 1. The molecule has 0 bridgehead atoms. The number of likely N-dealkylation sites (tertiary alicyclic amines) is 1. The van der Waals surface area contributed by atoms with Crippen molar-refractivity contribution in [3.63, 3.8) is 0 Å². The van der Waals surface area contributed by atoms with Gasteiger partial charge in [-0.2, -0.15) is 0 Å². The number of hydrogen-bond donors (Lipinski definition) is 0. The first kappa shape index (κ1) is 13.2. The van der Waals surface area contributed by atoms with Gasteiger partial charge in [-0.25, -0.2) is 0 Å². The summed E-state index contributed by atoms with van der Waals surface area (Å²) in [7, 11) is 1.79. The van der Waals surface area contributed by atoms with Crippen LogP contribution in [-0.4, -0.2) is 36.5 Å². The molecular weight excluding hydrogens is 230 g/mol. The van der Waals surface area contributed by atoms with Crippen LogP contribution in [0, 0.1) is 22.7 Å². The molecule has 0 radical (unpaired) electrons. The van der Waals surface area contributed by atoms with E-state index >= 15 is 0 Å². The topological polar surface area (TPSA) is 54.5 Å². The molecule has 2 fully saturated rings. The number of ketones is 1. The second kappa shape index (κ2) is 3.90. The van der Waals surface area contributed by atoms with Gasteiger partial charge < -0.3 is 9.69 Å². The Kier molecular flexibility index (Phi) is 2.87. The van der Waals surface area contributed by atoms with Gasteiger partial charge in [0.2, 0.25) is 5.91 Å². The summed E-state index contributed by atoms with van der Waals surface area (Å²) in [6.45, 7) is 6.38. The Morgan fingerprint density at radius 1 is 1.28 bits per heavy atom. The Morgan fingerprint density at radius 3 is 2.44 bits per heavy atom. The largest absolute Gasteiger partial charge is 0.345 e. The van der Waals surface area contributed by atoms with Crippen molar-refractivity contribution in [1.82, 2.24) is 4.90 Å². The fourth-order valence-corrected chi connectivity index (χ4v) is 4.02. The highest BCUT2D eigenvalue weighted by atomic mass is 16.2. The molecule has 1 amide bonds. The second-order valence-electron chi connectivity index (χ2n) is 6.52. The molecule has 18 heavy (non-hydrogen) atoms. The minimum atomic E-state index is -0.628. The van der Waals surface area contributed by atoms with Crippen LogP contribution in [0.3, 0.4) is 0 Å². The fourth-order valence-electron chi connectivity index (χ4n) is 4.02. The predicted molar refractivity (Wildman–Crippen MR) is 66.8 cm³/mol. The van der Waals surface area contributed by atoms with Gasteiger partial charge in [-0.3, -0.25) is 9.59 Å². The lowest BCUT2D eigenvalue weighted by Gasteiger charge is -2.54. The third-order valence-corrected chi connectivity index (χ3v) is 5.01. The quantitative estimate of drug-likeness (QED) is 0.521. The Morgan fingerprint density at radius 2 is 1.89 bits per heavy atom. The van der Waals surface area contributed by atoms with Gasteiger partial charge in [0.1, 0.15) is 12.1 Å². The number of carbonyl (C=O) groups excluding carboxylic acids is 3. The molecule has 0 aromatic heterocycles. The molecule has 100 valence electrons. The molecular formula is C14H21NO3. The zero-order valence-corrected chi connectivity index (χ0v) is 11.5. The monoisotopic (exact) mass is 251 g/mol. The van der Waals surface area contributed by atoms with E-state index < -0.39 is 16.7 Å². The number of hydrogen-bond acceptors (Lipinski definition) is 3. The Hall–Kier alpha value is -1.19. The number of amides is 1. The van der Waals surface area contributed by atoms with E-state index in [2.05, 4.69) is 0 Å². The summed E-state index contributed by atoms with van der Waals surface area (Å²) in [6.07, 6.45) is 1.92. The summed E-state index contributed by atoms with van der Waals surface area (Å²) in [6, 6.07) is 0. The number of Topliss-reactive ketones (excluding diaryl/α,β-unsaturated/α-hetero) is 1. The lowest BCUT2D eigenvalue weighted by molar-refractivity contribution is -0.168. The minimum Gasteiger partial charge on any atom is -0.345 e. The van der Waals surface area contributed by atoms with Crippen molar-refractivity contribution in [2.24, 2.45) is 22.7 Å². The lowest BCUT2D eigenvalue weighted by Crippen LogP contribution is -2.61. The highest BCUT2D eigenvalue weighted by Crippen LogP contribution is 2.54. The summed E-state index contributed by atoms with van der Waals surface area (Å²) in [5.74, 6) is -0.516. The molecule has 0 N–H and O–H groups in total. The molecule has 0 aromatic carbocycles. The average Bonchev–Trinajstić information content (AvgIpc) is 2.31. The standard InChI is InChI=1S/C14H21NO3/c1-13(2)10-5-6-15(4)12(18)14(10,3)7-9(8-16)11(13)17/h8-10H,5-7H2,1-4H3/t9?,10-,14?/m0/s1. The van der Waals surface area contributed by atoms with E-state index in [1.807, 2.05) is 20.8 Å². The molecule has 3 atom stereocenters. The van der Waals surface area contributed by atoms with Gasteiger partial charge in [0.15, 0.2) is 0 Å². The van der Waals surface area contributed by atoms with Crippen molar-refractivity contribution >= 4 is 18.0 Å². The first-order chi connectivity index (χ1) is 8.25. The van der Waals surface area contributed by atoms with Crippen molar-refractivity contribution in [1.29, 1.82) is 0 Å².